The SMILES string of the molecule is CCCc1cc(N)c(Cl)cc1Cl. The maximum absolute atomic E-state index is 5.94. The monoisotopic (exact) mass is 203 g/mol. The Labute approximate surface area is 82.5 Å². The average molecular weight is 204 g/mol. The van der Waals surface area contributed by atoms with E-state index in [4.69, 9.17) is 28.9 Å². The Morgan fingerprint density at radius 3 is 2.50 bits per heavy atom. The predicted octanol–water partition coefficient (Wildman–Crippen LogP) is 3.53. The zero-order chi connectivity index (χ0) is 9.14. The fourth-order valence-corrected chi connectivity index (χ4v) is 1.55. The zero-order valence-corrected chi connectivity index (χ0v) is 8.41. The van der Waals surface area contributed by atoms with Crippen LogP contribution in [-0.4, -0.2) is 0 Å². The molecule has 0 fully saturated rings. The van der Waals surface area contributed by atoms with Gasteiger partial charge in [-0.05, 0) is 24.1 Å². The lowest BCUT2D eigenvalue weighted by atomic mass is 10.1. The average Bonchev–Trinajstić information content (AvgIpc) is 2.01. The molecule has 3 heteroatoms. The molecule has 1 aromatic carbocycles. The van der Waals surface area contributed by atoms with E-state index in [1.165, 1.54) is 0 Å². The molecule has 0 aliphatic heterocycles. The van der Waals surface area contributed by atoms with E-state index in [0.717, 1.165) is 18.4 Å². The van der Waals surface area contributed by atoms with Gasteiger partial charge in [-0.25, -0.2) is 0 Å². The summed E-state index contributed by atoms with van der Waals surface area (Å²) < 4.78 is 0. The topological polar surface area (TPSA) is 26.0 Å². The van der Waals surface area contributed by atoms with E-state index in [-0.39, 0.29) is 0 Å². The third-order valence-corrected chi connectivity index (χ3v) is 2.36. The lowest BCUT2D eigenvalue weighted by Gasteiger charge is -2.05. The van der Waals surface area contributed by atoms with Crippen LogP contribution in [0.4, 0.5) is 5.69 Å². The highest BCUT2D eigenvalue weighted by Gasteiger charge is 2.03. The molecule has 12 heavy (non-hydrogen) atoms. The maximum Gasteiger partial charge on any atom is 0.0650 e. The Morgan fingerprint density at radius 1 is 1.25 bits per heavy atom. The zero-order valence-electron chi connectivity index (χ0n) is 6.90. The molecule has 0 aliphatic rings. The van der Waals surface area contributed by atoms with Crippen molar-refractivity contribution in [3.8, 4) is 0 Å². The number of nitrogens with two attached hydrogens (primary N) is 1. The van der Waals surface area contributed by atoms with Crippen LogP contribution in [0.15, 0.2) is 12.1 Å². The molecule has 0 saturated carbocycles. The van der Waals surface area contributed by atoms with Crippen LogP contribution >= 0.6 is 23.2 Å². The van der Waals surface area contributed by atoms with Gasteiger partial charge in [-0.1, -0.05) is 36.5 Å². The number of benzene rings is 1. The van der Waals surface area contributed by atoms with Crippen molar-refractivity contribution in [3.05, 3.63) is 27.7 Å². The lowest BCUT2D eigenvalue weighted by Crippen LogP contribution is -1.91. The molecule has 0 aliphatic carbocycles. The van der Waals surface area contributed by atoms with Crippen molar-refractivity contribution >= 4 is 28.9 Å². The first kappa shape index (κ1) is 9.69. The van der Waals surface area contributed by atoms with Crippen LogP contribution in [0.25, 0.3) is 0 Å². The summed E-state index contributed by atoms with van der Waals surface area (Å²) in [6.07, 6.45) is 2.00. The molecular formula is C9H11Cl2N. The lowest BCUT2D eigenvalue weighted by molar-refractivity contribution is 0.922. The summed E-state index contributed by atoms with van der Waals surface area (Å²) in [6.45, 7) is 2.10. The molecule has 0 atom stereocenters. The second kappa shape index (κ2) is 4.01. The van der Waals surface area contributed by atoms with Gasteiger partial charge in [0.25, 0.3) is 0 Å². The highest BCUT2D eigenvalue weighted by atomic mass is 35.5. The standard InChI is InChI=1S/C9H11Cl2N/c1-2-3-6-4-9(12)8(11)5-7(6)10/h4-5H,2-3,12H2,1H3. The van der Waals surface area contributed by atoms with Gasteiger partial charge in [0, 0.05) is 5.02 Å². The Balaban J connectivity index is 3.05. The van der Waals surface area contributed by atoms with Gasteiger partial charge in [-0.15, -0.1) is 0 Å². The van der Waals surface area contributed by atoms with E-state index < -0.39 is 0 Å². The molecule has 0 radical (unpaired) electrons. The van der Waals surface area contributed by atoms with Crippen LogP contribution in [0.1, 0.15) is 18.9 Å². The van der Waals surface area contributed by atoms with Gasteiger partial charge in [0.15, 0.2) is 0 Å². The number of rotatable bonds is 2. The Kier molecular flexibility index (Phi) is 3.24. The molecular weight excluding hydrogens is 193 g/mol. The van der Waals surface area contributed by atoms with E-state index in [1.54, 1.807) is 6.07 Å². The third kappa shape index (κ3) is 2.05. The fraction of sp³-hybridized carbons (Fsp3) is 0.333. The number of anilines is 1. The van der Waals surface area contributed by atoms with E-state index in [0.29, 0.717) is 15.7 Å². The summed E-state index contributed by atoms with van der Waals surface area (Å²) in [4.78, 5) is 0. The van der Waals surface area contributed by atoms with Crippen molar-refractivity contribution in [2.24, 2.45) is 0 Å². The summed E-state index contributed by atoms with van der Waals surface area (Å²) in [5.41, 5.74) is 7.30. The minimum atomic E-state index is 0.528. The number of halogens is 2. The van der Waals surface area contributed by atoms with E-state index in [2.05, 4.69) is 6.92 Å². The highest BCUT2D eigenvalue weighted by molar-refractivity contribution is 6.36. The second-order valence-corrected chi connectivity index (χ2v) is 3.53. The Bertz CT molecular complexity index is 284. The summed E-state index contributed by atoms with van der Waals surface area (Å²) in [5.74, 6) is 0. The Morgan fingerprint density at radius 2 is 1.92 bits per heavy atom. The first-order valence-electron chi connectivity index (χ1n) is 3.88. The quantitative estimate of drug-likeness (QED) is 0.732. The van der Waals surface area contributed by atoms with Crippen LogP contribution < -0.4 is 5.73 Å². The van der Waals surface area contributed by atoms with Gasteiger partial charge >= 0.3 is 0 Å². The summed E-state index contributed by atoms with van der Waals surface area (Å²) in [6, 6.07) is 3.54. The number of nitrogen functional groups attached to an aromatic ring is 1. The van der Waals surface area contributed by atoms with Crippen molar-refractivity contribution in [2.75, 3.05) is 5.73 Å². The molecule has 0 bridgehead atoms. The van der Waals surface area contributed by atoms with E-state index in [1.807, 2.05) is 6.07 Å². The van der Waals surface area contributed by atoms with Gasteiger partial charge in [0.05, 0.1) is 10.7 Å². The number of hydrogen-bond donors (Lipinski definition) is 1. The molecule has 1 rings (SSSR count). The van der Waals surface area contributed by atoms with E-state index in [9.17, 15) is 0 Å². The van der Waals surface area contributed by atoms with Crippen molar-refractivity contribution in [2.45, 2.75) is 19.8 Å². The smallest absolute Gasteiger partial charge is 0.0650 e. The molecule has 2 N–H and O–H groups in total. The number of hydrogen-bond acceptors (Lipinski definition) is 1. The summed E-state index contributed by atoms with van der Waals surface area (Å²) in [7, 11) is 0. The van der Waals surface area contributed by atoms with Crippen molar-refractivity contribution in [3.63, 3.8) is 0 Å². The van der Waals surface area contributed by atoms with E-state index >= 15 is 0 Å². The highest BCUT2D eigenvalue weighted by Crippen LogP contribution is 2.27. The van der Waals surface area contributed by atoms with Crippen molar-refractivity contribution < 1.29 is 0 Å². The van der Waals surface area contributed by atoms with Crippen LogP contribution in [0.3, 0.4) is 0 Å². The molecule has 0 amide bonds. The van der Waals surface area contributed by atoms with Gasteiger partial charge in [0.2, 0.25) is 0 Å². The molecule has 0 saturated heterocycles. The molecule has 0 unspecified atom stereocenters. The molecule has 1 aromatic rings. The first-order valence-corrected chi connectivity index (χ1v) is 4.64. The molecule has 0 heterocycles. The predicted molar refractivity (Wildman–Crippen MR) is 54.9 cm³/mol. The van der Waals surface area contributed by atoms with Gasteiger partial charge in [-0.2, -0.15) is 0 Å². The minimum Gasteiger partial charge on any atom is -0.398 e. The maximum atomic E-state index is 5.94. The molecule has 0 spiro atoms. The molecule has 1 nitrogen and oxygen atoms in total. The van der Waals surface area contributed by atoms with Gasteiger partial charge in [-0.3, -0.25) is 0 Å². The van der Waals surface area contributed by atoms with Crippen LogP contribution in [0.5, 0.6) is 0 Å². The van der Waals surface area contributed by atoms with Crippen LogP contribution in [0, 0.1) is 0 Å². The summed E-state index contributed by atoms with van der Waals surface area (Å²) in [5, 5.41) is 1.23. The molecule has 0 aromatic heterocycles. The third-order valence-electron chi connectivity index (χ3n) is 1.69. The summed E-state index contributed by atoms with van der Waals surface area (Å²) >= 11 is 11.7. The fourth-order valence-electron chi connectivity index (χ4n) is 1.07. The van der Waals surface area contributed by atoms with Gasteiger partial charge < -0.3 is 5.73 Å². The van der Waals surface area contributed by atoms with Crippen LogP contribution in [-0.2, 0) is 6.42 Å². The Hall–Kier alpha value is -0.400. The van der Waals surface area contributed by atoms with Crippen molar-refractivity contribution in [1.82, 2.24) is 0 Å². The largest absolute Gasteiger partial charge is 0.398 e. The minimum absolute atomic E-state index is 0.528. The normalized spacial score (nSPS) is 10.2. The number of aryl methyl sites for hydroxylation is 1. The van der Waals surface area contributed by atoms with Crippen molar-refractivity contribution in [1.29, 1.82) is 0 Å². The first-order chi connectivity index (χ1) is 5.65. The second-order valence-electron chi connectivity index (χ2n) is 2.72. The van der Waals surface area contributed by atoms with Crippen LogP contribution in [0.2, 0.25) is 10.0 Å². The van der Waals surface area contributed by atoms with Gasteiger partial charge in [0.1, 0.15) is 0 Å². The molecule has 66 valence electrons.